The second kappa shape index (κ2) is 11.1. The molecule has 0 saturated heterocycles. The van der Waals surface area contributed by atoms with Gasteiger partial charge in [-0.1, -0.05) is 100 Å². The summed E-state index contributed by atoms with van der Waals surface area (Å²) >= 11 is 1.96. The van der Waals surface area contributed by atoms with Crippen LogP contribution in [0.2, 0.25) is 0 Å². The highest BCUT2D eigenvalue weighted by atomic mass is 32.1. The van der Waals surface area contributed by atoms with Gasteiger partial charge < -0.3 is 4.90 Å². The van der Waals surface area contributed by atoms with Crippen LogP contribution in [0.3, 0.4) is 0 Å². The molecule has 3 atom stereocenters. The van der Waals surface area contributed by atoms with Crippen LogP contribution in [0.15, 0.2) is 103 Å². The molecule has 6 aromatic rings. The molecule has 1 heterocycles. The number of benzene rings is 5. The molecule has 0 radical (unpaired) electrons. The topological polar surface area (TPSA) is 3.24 Å². The van der Waals surface area contributed by atoms with Gasteiger partial charge in [-0.15, -0.1) is 11.3 Å². The Morgan fingerprint density at radius 1 is 0.625 bits per heavy atom. The molecule has 1 nitrogen and oxygen atoms in total. The van der Waals surface area contributed by atoms with E-state index in [1.54, 1.807) is 5.56 Å². The number of hydrogen-bond acceptors (Lipinski definition) is 2. The van der Waals surface area contributed by atoms with Crippen LogP contribution in [0, 0.1) is 11.8 Å². The van der Waals surface area contributed by atoms with Gasteiger partial charge >= 0.3 is 0 Å². The van der Waals surface area contributed by atoms with E-state index in [1.165, 1.54) is 123 Å². The molecule has 48 heavy (non-hydrogen) atoms. The zero-order valence-electron chi connectivity index (χ0n) is 28.3. The SMILES string of the molecule is CC1(C)c2cc(N(c3ccc(C4CCCCC4)cc3)c3ccc(C4CC5CCC4C5)cc3)ccc2-c2ccc3c(sc4ccccc43)c21. The van der Waals surface area contributed by atoms with Gasteiger partial charge in [-0.3, -0.25) is 0 Å². The molecule has 0 aliphatic heterocycles. The third-order valence-electron chi connectivity index (χ3n) is 12.9. The number of thiophene rings is 1. The van der Waals surface area contributed by atoms with Crippen LogP contribution in [0.1, 0.15) is 106 Å². The van der Waals surface area contributed by atoms with Crippen LogP contribution < -0.4 is 4.90 Å². The molecule has 0 N–H and O–H groups in total. The van der Waals surface area contributed by atoms with Crippen LogP contribution in [0.25, 0.3) is 31.3 Å². The van der Waals surface area contributed by atoms with E-state index in [4.69, 9.17) is 0 Å². The molecule has 3 unspecified atom stereocenters. The molecule has 3 saturated carbocycles. The Morgan fingerprint density at radius 2 is 1.33 bits per heavy atom. The maximum atomic E-state index is 2.52. The Balaban J connectivity index is 1.07. The van der Waals surface area contributed by atoms with Crippen LogP contribution in [0.4, 0.5) is 17.1 Å². The van der Waals surface area contributed by atoms with Crippen LogP contribution in [0.5, 0.6) is 0 Å². The van der Waals surface area contributed by atoms with Crippen molar-refractivity contribution in [2.24, 2.45) is 11.8 Å². The van der Waals surface area contributed by atoms with Crippen molar-refractivity contribution in [2.45, 2.75) is 88.9 Å². The maximum Gasteiger partial charge on any atom is 0.0465 e. The average molecular weight is 644 g/mol. The van der Waals surface area contributed by atoms with Crippen molar-refractivity contribution in [3.8, 4) is 11.1 Å². The number of fused-ring (bicyclic) bond motifs is 9. The fraction of sp³-hybridized carbons (Fsp3) is 0.348. The minimum Gasteiger partial charge on any atom is -0.310 e. The zero-order chi connectivity index (χ0) is 32.0. The summed E-state index contributed by atoms with van der Waals surface area (Å²) in [6.45, 7) is 4.89. The molecule has 0 spiro atoms. The van der Waals surface area contributed by atoms with Gasteiger partial charge in [-0.05, 0) is 132 Å². The summed E-state index contributed by atoms with van der Waals surface area (Å²) in [5, 5.41) is 2.77. The van der Waals surface area contributed by atoms with Gasteiger partial charge in [0.05, 0.1) is 0 Å². The molecule has 3 fully saturated rings. The van der Waals surface area contributed by atoms with Crippen LogP contribution in [-0.2, 0) is 5.41 Å². The molecule has 5 aromatic carbocycles. The van der Waals surface area contributed by atoms with Crippen molar-refractivity contribution in [1.29, 1.82) is 0 Å². The first-order valence-corrected chi connectivity index (χ1v) is 19.4. The van der Waals surface area contributed by atoms with Crippen molar-refractivity contribution in [3.63, 3.8) is 0 Å². The Labute approximate surface area is 289 Å². The van der Waals surface area contributed by atoms with Gasteiger partial charge in [0.15, 0.2) is 0 Å². The molecule has 1 aromatic heterocycles. The minimum absolute atomic E-state index is 0.0940. The molecule has 240 valence electrons. The van der Waals surface area contributed by atoms with Gasteiger partial charge in [0, 0.05) is 42.6 Å². The second-order valence-electron chi connectivity index (χ2n) is 16.0. The van der Waals surface area contributed by atoms with E-state index in [9.17, 15) is 0 Å². The van der Waals surface area contributed by atoms with Crippen LogP contribution in [-0.4, -0.2) is 0 Å². The van der Waals surface area contributed by atoms with Crippen molar-refractivity contribution in [1.82, 2.24) is 0 Å². The lowest BCUT2D eigenvalue weighted by molar-refractivity contribution is 0.420. The number of nitrogens with zero attached hydrogens (tertiary/aromatic N) is 1. The molecule has 2 heteroatoms. The van der Waals surface area contributed by atoms with Gasteiger partial charge in [-0.25, -0.2) is 0 Å². The highest BCUT2D eigenvalue weighted by Gasteiger charge is 2.40. The Kier molecular flexibility index (Phi) is 6.71. The molecule has 2 bridgehead atoms. The van der Waals surface area contributed by atoms with E-state index in [0.717, 1.165) is 17.8 Å². The van der Waals surface area contributed by atoms with E-state index in [1.807, 2.05) is 11.3 Å². The monoisotopic (exact) mass is 643 g/mol. The van der Waals surface area contributed by atoms with E-state index < -0.39 is 0 Å². The lowest BCUT2D eigenvalue weighted by Gasteiger charge is -2.29. The number of hydrogen-bond donors (Lipinski definition) is 0. The summed E-state index contributed by atoms with van der Waals surface area (Å²) in [5.74, 6) is 3.34. The Hall–Kier alpha value is -3.88. The van der Waals surface area contributed by atoms with Crippen molar-refractivity contribution >= 4 is 48.6 Å². The van der Waals surface area contributed by atoms with E-state index in [-0.39, 0.29) is 5.41 Å². The summed E-state index contributed by atoms with van der Waals surface area (Å²) in [4.78, 5) is 2.52. The lowest BCUT2D eigenvalue weighted by atomic mass is 9.81. The smallest absolute Gasteiger partial charge is 0.0465 e. The molecular formula is C46H45NS. The fourth-order valence-corrected chi connectivity index (χ4v) is 11.9. The first-order chi connectivity index (χ1) is 23.5. The largest absolute Gasteiger partial charge is 0.310 e. The summed E-state index contributed by atoms with van der Waals surface area (Å²) in [5.41, 5.74) is 12.4. The fourth-order valence-electron chi connectivity index (χ4n) is 10.5. The first kappa shape index (κ1) is 29.1. The van der Waals surface area contributed by atoms with Crippen molar-refractivity contribution in [2.75, 3.05) is 4.90 Å². The van der Waals surface area contributed by atoms with Gasteiger partial charge in [0.25, 0.3) is 0 Å². The number of rotatable bonds is 5. The predicted octanol–water partition coefficient (Wildman–Crippen LogP) is 13.8. The molecule has 4 aliphatic carbocycles. The summed E-state index contributed by atoms with van der Waals surface area (Å²) < 4.78 is 2.83. The zero-order valence-corrected chi connectivity index (χ0v) is 29.2. The molecule has 4 aliphatic rings. The van der Waals surface area contributed by atoms with Crippen molar-refractivity contribution < 1.29 is 0 Å². The van der Waals surface area contributed by atoms with Gasteiger partial charge in [0.1, 0.15) is 0 Å². The first-order valence-electron chi connectivity index (χ1n) is 18.6. The summed E-state index contributed by atoms with van der Waals surface area (Å²) in [7, 11) is 0. The standard InChI is InChI=1S/C46H45NS/c1-46(2)42-28-36(22-23-37(42)39-24-25-40-38-10-6-7-11-43(38)48-45(40)44(39)46)47(34-18-14-31(15-19-34)30-8-4-3-5-9-30)35-20-16-32(17-21-35)41-27-29-12-13-33(41)26-29/h6-7,10-11,14-25,28-30,33,41H,3-5,8-9,12-13,26-27H2,1-2H3. The van der Waals surface area contributed by atoms with E-state index in [2.05, 4.69) is 122 Å². The Bertz CT molecular complexity index is 2160. The maximum absolute atomic E-state index is 2.52. The molecule has 0 amide bonds. The highest BCUT2D eigenvalue weighted by Crippen LogP contribution is 2.56. The third kappa shape index (κ3) is 4.48. The van der Waals surface area contributed by atoms with Gasteiger partial charge in [-0.2, -0.15) is 0 Å². The summed E-state index contributed by atoms with van der Waals surface area (Å²) in [6.07, 6.45) is 12.5. The highest BCUT2D eigenvalue weighted by molar-refractivity contribution is 7.26. The Morgan fingerprint density at radius 3 is 2.06 bits per heavy atom. The van der Waals surface area contributed by atoms with Crippen LogP contribution >= 0.6 is 11.3 Å². The predicted molar refractivity (Wildman–Crippen MR) is 206 cm³/mol. The minimum atomic E-state index is -0.0940. The molecular weight excluding hydrogens is 599 g/mol. The summed E-state index contributed by atoms with van der Waals surface area (Å²) in [6, 6.07) is 40.3. The van der Waals surface area contributed by atoms with Crippen molar-refractivity contribution in [3.05, 3.63) is 125 Å². The van der Waals surface area contributed by atoms with E-state index >= 15 is 0 Å². The average Bonchev–Trinajstić information content (AvgIpc) is 3.91. The van der Waals surface area contributed by atoms with Gasteiger partial charge in [0.2, 0.25) is 0 Å². The number of anilines is 3. The van der Waals surface area contributed by atoms with E-state index in [0.29, 0.717) is 5.92 Å². The quantitative estimate of drug-likeness (QED) is 0.181. The third-order valence-corrected chi connectivity index (χ3v) is 14.1. The molecule has 10 rings (SSSR count). The second-order valence-corrected chi connectivity index (χ2v) is 17.0. The lowest BCUT2D eigenvalue weighted by Crippen LogP contribution is -2.17. The normalized spacial score (nSPS) is 22.8.